The normalized spacial score (nSPS) is 15.3. The van der Waals surface area contributed by atoms with Gasteiger partial charge in [0.2, 0.25) is 0 Å². The summed E-state index contributed by atoms with van der Waals surface area (Å²) in [5, 5.41) is 0. The van der Waals surface area contributed by atoms with E-state index in [9.17, 15) is 4.79 Å². The first-order chi connectivity index (χ1) is 19.1. The summed E-state index contributed by atoms with van der Waals surface area (Å²) in [5.41, 5.74) is 5.95. The minimum atomic E-state index is -0.486. The van der Waals surface area contributed by atoms with Crippen LogP contribution >= 0.6 is 0 Å². The molecule has 0 bridgehead atoms. The molecule has 5 rings (SSSR count). The number of carbonyl (C=O) groups is 1. The average Bonchev–Trinajstić information content (AvgIpc) is 3.33. The second-order valence-corrected chi connectivity index (χ2v) is 11.2. The van der Waals surface area contributed by atoms with Gasteiger partial charge < -0.3 is 19.4 Å². The molecule has 1 aliphatic rings. The Morgan fingerprint density at radius 2 is 1.85 bits per heavy atom. The van der Waals surface area contributed by atoms with Crippen molar-refractivity contribution in [3.63, 3.8) is 0 Å². The largest absolute Gasteiger partial charge is 0.493 e. The lowest BCUT2D eigenvalue weighted by molar-refractivity contribution is 0.0110. The quantitative estimate of drug-likeness (QED) is 0.364. The van der Waals surface area contributed by atoms with Crippen molar-refractivity contribution in [2.75, 3.05) is 33.3 Å². The van der Waals surface area contributed by atoms with Crippen molar-refractivity contribution >= 4 is 17.1 Å². The van der Waals surface area contributed by atoms with Crippen molar-refractivity contribution in [1.29, 1.82) is 0 Å². The van der Waals surface area contributed by atoms with Gasteiger partial charge in [0, 0.05) is 56.1 Å². The van der Waals surface area contributed by atoms with Crippen molar-refractivity contribution in [2.24, 2.45) is 0 Å². The predicted octanol–water partition coefficient (Wildman–Crippen LogP) is 4.94. The Hall–Kier alpha value is -4.05. The van der Waals surface area contributed by atoms with Crippen LogP contribution < -0.4 is 4.74 Å². The third kappa shape index (κ3) is 6.07. The van der Waals surface area contributed by atoms with Crippen LogP contribution in [-0.2, 0) is 11.2 Å². The Labute approximate surface area is 234 Å². The van der Waals surface area contributed by atoms with Gasteiger partial charge in [0.25, 0.3) is 0 Å². The third-order valence-electron chi connectivity index (χ3n) is 7.18. The van der Waals surface area contributed by atoms with Crippen LogP contribution in [-0.4, -0.2) is 79.7 Å². The minimum absolute atomic E-state index is 0.201. The van der Waals surface area contributed by atoms with Gasteiger partial charge in [0.1, 0.15) is 23.4 Å². The number of benzene rings is 1. The van der Waals surface area contributed by atoms with Gasteiger partial charge in [0.15, 0.2) is 5.75 Å². The van der Waals surface area contributed by atoms with E-state index >= 15 is 0 Å². The van der Waals surface area contributed by atoms with Crippen LogP contribution in [0.5, 0.6) is 5.75 Å². The van der Waals surface area contributed by atoms with Crippen molar-refractivity contribution in [3.05, 3.63) is 65.6 Å². The van der Waals surface area contributed by atoms with Crippen molar-refractivity contribution < 1.29 is 14.3 Å². The maximum absolute atomic E-state index is 12.4. The molecule has 0 radical (unpaired) electrons. The van der Waals surface area contributed by atoms with Gasteiger partial charge in [-0.25, -0.2) is 19.7 Å². The average molecular weight is 544 g/mol. The molecule has 3 aromatic heterocycles. The number of H-pyrrole nitrogens is 1. The number of imidazole rings is 1. The zero-order valence-corrected chi connectivity index (χ0v) is 24.1. The number of fused-ring (bicyclic) bond motifs is 1. The van der Waals surface area contributed by atoms with Crippen LogP contribution in [0, 0.1) is 6.92 Å². The zero-order valence-electron chi connectivity index (χ0n) is 24.1. The summed E-state index contributed by atoms with van der Waals surface area (Å²) in [6.45, 7) is 12.7. The summed E-state index contributed by atoms with van der Waals surface area (Å²) in [6.07, 6.45) is 3.77. The van der Waals surface area contributed by atoms with Gasteiger partial charge >= 0.3 is 6.09 Å². The number of nitrogens with one attached hydrogen (secondary N) is 1. The molecule has 1 aliphatic heterocycles. The lowest BCUT2D eigenvalue weighted by Gasteiger charge is -2.38. The van der Waals surface area contributed by atoms with Crippen LogP contribution in [0.3, 0.4) is 0 Å². The molecule has 1 unspecified atom stereocenters. The van der Waals surface area contributed by atoms with Gasteiger partial charge in [-0.3, -0.25) is 9.88 Å². The monoisotopic (exact) mass is 543 g/mol. The standard InChI is InChI=1S/C30H37N7O3/c1-19-28(39-6)27(33-18-32-19)22-7-8-24-25(16-22)35-26(34-24)17-23-15-21(9-10-31-23)20(2)36-11-13-37(14-12-36)29(38)40-30(3,4)5/h7-10,15-16,18,20H,11-14,17H2,1-6H3,(H,34,35). The molecule has 10 nitrogen and oxygen atoms in total. The number of ether oxygens (including phenoxy) is 2. The highest BCUT2D eigenvalue weighted by Gasteiger charge is 2.28. The molecule has 210 valence electrons. The van der Waals surface area contributed by atoms with Crippen LogP contribution in [0.25, 0.3) is 22.3 Å². The highest BCUT2D eigenvalue weighted by molar-refractivity contribution is 5.82. The number of aromatic nitrogens is 5. The molecule has 1 aromatic carbocycles. The molecular formula is C30H37N7O3. The molecule has 4 heterocycles. The summed E-state index contributed by atoms with van der Waals surface area (Å²) in [7, 11) is 1.63. The van der Waals surface area contributed by atoms with E-state index in [0.29, 0.717) is 25.3 Å². The lowest BCUT2D eigenvalue weighted by Crippen LogP contribution is -2.50. The van der Waals surface area contributed by atoms with Crippen molar-refractivity contribution in [1.82, 2.24) is 34.7 Å². The number of aryl methyl sites for hydroxylation is 1. The van der Waals surface area contributed by atoms with Crippen LogP contribution in [0.15, 0.2) is 42.9 Å². The van der Waals surface area contributed by atoms with Crippen LogP contribution in [0.2, 0.25) is 0 Å². The van der Waals surface area contributed by atoms with E-state index in [0.717, 1.165) is 52.6 Å². The topological polar surface area (TPSA) is 109 Å². The molecule has 10 heteroatoms. The molecule has 40 heavy (non-hydrogen) atoms. The van der Waals surface area contributed by atoms with Crippen LogP contribution in [0.4, 0.5) is 4.79 Å². The van der Waals surface area contributed by atoms with Gasteiger partial charge in [-0.2, -0.15) is 0 Å². The Morgan fingerprint density at radius 1 is 1.07 bits per heavy atom. The first kappa shape index (κ1) is 27.5. The molecule has 4 aromatic rings. The summed E-state index contributed by atoms with van der Waals surface area (Å²) in [5.74, 6) is 1.52. The van der Waals surface area contributed by atoms with E-state index in [1.54, 1.807) is 18.3 Å². The fraction of sp³-hybridized carbons (Fsp3) is 0.433. The first-order valence-electron chi connectivity index (χ1n) is 13.6. The molecule has 0 saturated carbocycles. The summed E-state index contributed by atoms with van der Waals surface area (Å²) >= 11 is 0. The third-order valence-corrected chi connectivity index (χ3v) is 7.18. The molecule has 1 fully saturated rings. The van der Waals surface area contributed by atoms with Gasteiger partial charge in [-0.1, -0.05) is 6.07 Å². The number of hydrogen-bond donors (Lipinski definition) is 1. The maximum atomic E-state index is 12.4. The molecule has 1 saturated heterocycles. The van der Waals surface area contributed by atoms with E-state index in [4.69, 9.17) is 14.5 Å². The fourth-order valence-corrected chi connectivity index (χ4v) is 5.06. The molecule has 0 spiro atoms. The number of amides is 1. The van der Waals surface area contributed by atoms with E-state index in [1.165, 1.54) is 5.56 Å². The number of piperazine rings is 1. The Kier molecular flexibility index (Phi) is 7.71. The number of methoxy groups -OCH3 is 1. The summed E-state index contributed by atoms with van der Waals surface area (Å²) in [6, 6.07) is 10.4. The summed E-state index contributed by atoms with van der Waals surface area (Å²) in [4.78, 5) is 38.2. The number of carbonyl (C=O) groups excluding carboxylic acids is 1. The SMILES string of the molecule is COc1c(C)ncnc1-c1ccc2nc(Cc3cc(C(C)N4CCN(C(=O)OC(C)(C)C)CC4)ccn3)[nH]c2c1. The minimum Gasteiger partial charge on any atom is -0.493 e. The van der Waals surface area contributed by atoms with E-state index in [2.05, 4.69) is 43.9 Å². The molecule has 1 atom stereocenters. The number of aromatic amines is 1. The lowest BCUT2D eigenvalue weighted by atomic mass is 10.1. The zero-order chi connectivity index (χ0) is 28.4. The Morgan fingerprint density at radius 3 is 2.58 bits per heavy atom. The predicted molar refractivity (Wildman–Crippen MR) is 153 cm³/mol. The summed E-state index contributed by atoms with van der Waals surface area (Å²) < 4.78 is 11.1. The smallest absolute Gasteiger partial charge is 0.410 e. The van der Waals surface area contributed by atoms with E-state index in [-0.39, 0.29) is 12.1 Å². The molecular weight excluding hydrogens is 506 g/mol. The highest BCUT2D eigenvalue weighted by atomic mass is 16.6. The van der Waals surface area contributed by atoms with Gasteiger partial charge in [0.05, 0.1) is 23.8 Å². The number of rotatable bonds is 6. The number of nitrogens with zero attached hydrogens (tertiary/aromatic N) is 6. The van der Waals surface area contributed by atoms with Crippen molar-refractivity contribution in [3.8, 4) is 17.0 Å². The van der Waals surface area contributed by atoms with Gasteiger partial charge in [-0.15, -0.1) is 0 Å². The number of pyridine rings is 1. The second-order valence-electron chi connectivity index (χ2n) is 11.2. The molecule has 0 aliphatic carbocycles. The molecule has 1 amide bonds. The maximum Gasteiger partial charge on any atom is 0.410 e. The Bertz CT molecular complexity index is 1500. The van der Waals surface area contributed by atoms with Gasteiger partial charge in [-0.05, 0) is 64.4 Å². The van der Waals surface area contributed by atoms with E-state index in [1.807, 2.05) is 52.1 Å². The Balaban J connectivity index is 1.26. The molecule has 1 N–H and O–H groups in total. The highest BCUT2D eigenvalue weighted by Crippen LogP contribution is 2.31. The number of hydrogen-bond acceptors (Lipinski definition) is 8. The van der Waals surface area contributed by atoms with Crippen LogP contribution in [0.1, 0.15) is 56.5 Å². The fourth-order valence-electron chi connectivity index (χ4n) is 5.06. The first-order valence-corrected chi connectivity index (χ1v) is 13.6. The second kappa shape index (κ2) is 11.2. The van der Waals surface area contributed by atoms with E-state index < -0.39 is 5.60 Å². The van der Waals surface area contributed by atoms with Crippen molar-refractivity contribution in [2.45, 2.75) is 52.7 Å².